The number of aryl methyl sites for hydroxylation is 1. The van der Waals surface area contributed by atoms with Crippen LogP contribution in [0, 0.1) is 5.82 Å². The molecule has 5 heteroatoms. The predicted molar refractivity (Wildman–Crippen MR) is 81.3 cm³/mol. The van der Waals surface area contributed by atoms with Gasteiger partial charge in [0.05, 0.1) is 5.69 Å². The molecule has 0 radical (unpaired) electrons. The lowest BCUT2D eigenvalue weighted by Crippen LogP contribution is -2.13. The summed E-state index contributed by atoms with van der Waals surface area (Å²) in [6.07, 6.45) is 4.67. The Hall–Kier alpha value is -1.33. The lowest BCUT2D eigenvalue weighted by atomic mass is 10.2. The van der Waals surface area contributed by atoms with Crippen LogP contribution in [0.1, 0.15) is 37.3 Å². The molecule has 3 nitrogen and oxygen atoms in total. The first-order valence-corrected chi connectivity index (χ1v) is 7.88. The summed E-state index contributed by atoms with van der Waals surface area (Å²) < 4.78 is 13.8. The average molecular weight is 293 g/mol. The number of halogens is 1. The van der Waals surface area contributed by atoms with E-state index in [-0.39, 0.29) is 5.82 Å². The fourth-order valence-corrected chi connectivity index (χ4v) is 3.05. The summed E-state index contributed by atoms with van der Waals surface area (Å²) in [5.41, 5.74) is 1.43. The van der Waals surface area contributed by atoms with Crippen molar-refractivity contribution >= 4 is 11.3 Å². The molecular weight excluding hydrogens is 273 g/mol. The fraction of sp³-hybridized carbons (Fsp3) is 0.467. The number of thiazole rings is 1. The highest BCUT2D eigenvalue weighted by Gasteiger charge is 2.15. The van der Waals surface area contributed by atoms with Gasteiger partial charge in [-0.05, 0) is 31.5 Å². The molecule has 0 saturated carbocycles. The van der Waals surface area contributed by atoms with Crippen molar-refractivity contribution < 1.29 is 4.39 Å². The van der Waals surface area contributed by atoms with E-state index in [2.05, 4.69) is 29.1 Å². The first kappa shape index (κ1) is 15.1. The summed E-state index contributed by atoms with van der Waals surface area (Å²) in [6, 6.07) is 3.03. The van der Waals surface area contributed by atoms with Crippen molar-refractivity contribution in [2.24, 2.45) is 0 Å². The smallest absolute Gasteiger partial charge is 0.151 e. The van der Waals surface area contributed by atoms with Crippen molar-refractivity contribution in [1.82, 2.24) is 15.3 Å². The lowest BCUT2D eigenvalue weighted by Gasteiger charge is -2.02. The van der Waals surface area contributed by atoms with Crippen LogP contribution in [0.4, 0.5) is 4.39 Å². The molecule has 0 amide bonds. The molecule has 2 rings (SSSR count). The van der Waals surface area contributed by atoms with Gasteiger partial charge >= 0.3 is 0 Å². The van der Waals surface area contributed by atoms with E-state index < -0.39 is 0 Å². The SMILES string of the molecule is CCCNCc1sc(-c2ncccc2F)nc1CCC. The predicted octanol–water partition coefficient (Wildman–Crippen LogP) is 3.80. The van der Waals surface area contributed by atoms with E-state index in [0.29, 0.717) is 10.7 Å². The van der Waals surface area contributed by atoms with E-state index in [1.165, 1.54) is 10.9 Å². The maximum Gasteiger partial charge on any atom is 0.151 e. The molecule has 0 atom stereocenters. The van der Waals surface area contributed by atoms with E-state index >= 15 is 0 Å². The number of nitrogens with one attached hydrogen (secondary N) is 1. The van der Waals surface area contributed by atoms with Crippen molar-refractivity contribution in [2.75, 3.05) is 6.54 Å². The highest BCUT2D eigenvalue weighted by atomic mass is 32.1. The minimum Gasteiger partial charge on any atom is -0.312 e. The van der Waals surface area contributed by atoms with Gasteiger partial charge in [-0.15, -0.1) is 11.3 Å². The molecule has 0 aliphatic heterocycles. The van der Waals surface area contributed by atoms with Crippen molar-refractivity contribution in [3.63, 3.8) is 0 Å². The van der Waals surface area contributed by atoms with Crippen LogP contribution in [-0.2, 0) is 13.0 Å². The summed E-state index contributed by atoms with van der Waals surface area (Å²) in [4.78, 5) is 9.89. The monoisotopic (exact) mass is 293 g/mol. The zero-order chi connectivity index (χ0) is 14.4. The zero-order valence-electron chi connectivity index (χ0n) is 11.9. The molecule has 2 heterocycles. The van der Waals surface area contributed by atoms with Crippen LogP contribution in [0.15, 0.2) is 18.3 Å². The van der Waals surface area contributed by atoms with Crippen LogP contribution in [0.2, 0.25) is 0 Å². The normalized spacial score (nSPS) is 10.9. The van der Waals surface area contributed by atoms with Crippen molar-refractivity contribution in [3.05, 3.63) is 34.7 Å². The standard InChI is InChI=1S/C15H20FN3S/c1-3-6-12-13(10-17-8-4-2)20-15(19-12)14-11(16)7-5-9-18-14/h5,7,9,17H,3-4,6,8,10H2,1-2H3. The number of hydrogen-bond donors (Lipinski definition) is 1. The number of pyridine rings is 1. The van der Waals surface area contributed by atoms with Gasteiger partial charge in [0.25, 0.3) is 0 Å². The minimum absolute atomic E-state index is 0.308. The molecule has 1 N–H and O–H groups in total. The third-order valence-electron chi connectivity index (χ3n) is 2.94. The molecule has 0 saturated heterocycles. The molecule has 0 spiro atoms. The Morgan fingerprint density at radius 3 is 2.85 bits per heavy atom. The van der Waals surface area contributed by atoms with E-state index in [0.717, 1.165) is 38.0 Å². The Balaban J connectivity index is 2.26. The number of hydrogen-bond acceptors (Lipinski definition) is 4. The molecule has 0 bridgehead atoms. The van der Waals surface area contributed by atoms with Gasteiger partial charge in [-0.2, -0.15) is 0 Å². The molecule has 20 heavy (non-hydrogen) atoms. The Morgan fingerprint density at radius 1 is 1.30 bits per heavy atom. The van der Waals surface area contributed by atoms with E-state index in [9.17, 15) is 4.39 Å². The fourth-order valence-electron chi connectivity index (χ4n) is 1.98. The molecule has 0 aliphatic carbocycles. The summed E-state index contributed by atoms with van der Waals surface area (Å²) >= 11 is 1.54. The minimum atomic E-state index is -0.308. The number of nitrogens with zero attached hydrogens (tertiary/aromatic N) is 2. The van der Waals surface area contributed by atoms with Gasteiger partial charge in [0.1, 0.15) is 10.7 Å². The van der Waals surface area contributed by atoms with Gasteiger partial charge in [0, 0.05) is 17.6 Å². The Morgan fingerprint density at radius 2 is 2.15 bits per heavy atom. The first-order valence-electron chi connectivity index (χ1n) is 7.06. The Kier molecular flexibility index (Phi) is 5.61. The first-order chi connectivity index (χ1) is 9.76. The molecule has 2 aromatic rings. The van der Waals surface area contributed by atoms with E-state index in [4.69, 9.17) is 0 Å². The maximum atomic E-state index is 13.8. The van der Waals surface area contributed by atoms with Crippen molar-refractivity contribution in [2.45, 2.75) is 39.7 Å². The van der Waals surface area contributed by atoms with Crippen LogP contribution in [0.25, 0.3) is 10.7 Å². The Labute approximate surface area is 123 Å². The van der Waals surface area contributed by atoms with Crippen LogP contribution in [0.3, 0.4) is 0 Å². The molecule has 0 aliphatic rings. The molecule has 0 fully saturated rings. The molecular formula is C15H20FN3S. The topological polar surface area (TPSA) is 37.8 Å². The highest BCUT2D eigenvalue weighted by Crippen LogP contribution is 2.29. The van der Waals surface area contributed by atoms with Gasteiger partial charge in [0.15, 0.2) is 5.82 Å². The maximum absolute atomic E-state index is 13.8. The summed E-state index contributed by atoms with van der Waals surface area (Å²) in [5, 5.41) is 4.07. The zero-order valence-corrected chi connectivity index (χ0v) is 12.8. The largest absolute Gasteiger partial charge is 0.312 e. The second-order valence-electron chi connectivity index (χ2n) is 4.65. The highest BCUT2D eigenvalue weighted by molar-refractivity contribution is 7.15. The van der Waals surface area contributed by atoms with Crippen molar-refractivity contribution in [3.8, 4) is 10.7 Å². The summed E-state index contributed by atoms with van der Waals surface area (Å²) in [5.74, 6) is -0.308. The van der Waals surface area contributed by atoms with Crippen LogP contribution < -0.4 is 5.32 Å². The Bertz CT molecular complexity index is 554. The van der Waals surface area contributed by atoms with E-state index in [1.54, 1.807) is 23.6 Å². The average Bonchev–Trinajstić information content (AvgIpc) is 2.83. The van der Waals surface area contributed by atoms with Gasteiger partial charge in [-0.3, -0.25) is 4.98 Å². The molecule has 2 aromatic heterocycles. The van der Waals surface area contributed by atoms with Crippen LogP contribution >= 0.6 is 11.3 Å². The summed E-state index contributed by atoms with van der Waals surface area (Å²) in [7, 11) is 0. The third-order valence-corrected chi connectivity index (χ3v) is 4.04. The quantitative estimate of drug-likeness (QED) is 0.789. The number of aromatic nitrogens is 2. The number of rotatable bonds is 7. The third kappa shape index (κ3) is 3.61. The lowest BCUT2D eigenvalue weighted by molar-refractivity contribution is 0.625. The van der Waals surface area contributed by atoms with Gasteiger partial charge < -0.3 is 5.32 Å². The second-order valence-corrected chi connectivity index (χ2v) is 5.73. The molecule has 108 valence electrons. The van der Waals surface area contributed by atoms with Crippen LogP contribution in [-0.4, -0.2) is 16.5 Å². The molecule has 0 unspecified atom stereocenters. The van der Waals surface area contributed by atoms with Gasteiger partial charge in [0.2, 0.25) is 0 Å². The van der Waals surface area contributed by atoms with Crippen LogP contribution in [0.5, 0.6) is 0 Å². The molecule has 0 aromatic carbocycles. The summed E-state index contributed by atoms with van der Waals surface area (Å²) in [6.45, 7) is 6.05. The van der Waals surface area contributed by atoms with Gasteiger partial charge in [-0.1, -0.05) is 20.3 Å². The van der Waals surface area contributed by atoms with Crippen molar-refractivity contribution in [1.29, 1.82) is 0 Å². The van der Waals surface area contributed by atoms with Gasteiger partial charge in [-0.25, -0.2) is 9.37 Å². The van der Waals surface area contributed by atoms with E-state index in [1.807, 2.05) is 0 Å². The second kappa shape index (κ2) is 7.45.